The molecule has 22 heavy (non-hydrogen) atoms. The van der Waals surface area contributed by atoms with Crippen LogP contribution in [-0.2, 0) is 4.74 Å². The predicted octanol–water partition coefficient (Wildman–Crippen LogP) is 2.54. The van der Waals surface area contributed by atoms with E-state index in [1.54, 1.807) is 18.2 Å². The van der Waals surface area contributed by atoms with Crippen LogP contribution in [0.4, 0.5) is 10.6 Å². The molecule has 1 amide bonds. The number of carbonyl (C=O) groups is 1. The smallest absolute Gasteiger partial charge is 0.410 e. The molecule has 2 heterocycles. The maximum atomic E-state index is 12.2. The lowest BCUT2D eigenvalue weighted by atomic mass is 10.2. The molecule has 6 heteroatoms. The van der Waals surface area contributed by atoms with E-state index >= 15 is 0 Å². The first-order valence-corrected chi connectivity index (χ1v) is 7.55. The average molecular weight is 307 g/mol. The third-order valence-corrected chi connectivity index (χ3v) is 3.53. The third-order valence-electron chi connectivity index (χ3n) is 3.53. The molecule has 0 aromatic carbocycles. The number of pyridine rings is 1. The van der Waals surface area contributed by atoms with Crippen LogP contribution < -0.4 is 9.64 Å². The molecule has 6 nitrogen and oxygen atoms in total. The molecular formula is C16H25N3O3. The maximum Gasteiger partial charge on any atom is 0.410 e. The Kier molecular flexibility index (Phi) is 4.78. The Bertz CT molecular complexity index is 528. The van der Waals surface area contributed by atoms with Crippen LogP contribution in [0.1, 0.15) is 27.7 Å². The topological polar surface area (TPSA) is 54.9 Å². The van der Waals surface area contributed by atoms with Gasteiger partial charge >= 0.3 is 6.09 Å². The molecular weight excluding hydrogens is 282 g/mol. The summed E-state index contributed by atoms with van der Waals surface area (Å²) in [7, 11) is 1.64. The van der Waals surface area contributed by atoms with E-state index in [4.69, 9.17) is 9.47 Å². The van der Waals surface area contributed by atoms with Crippen LogP contribution >= 0.6 is 0 Å². The standard InChI is InChI=1S/C16H25N3O3/c1-12-11-18(15(20)22-16(2,3)4)8-9-19(12)14-10-13(21-5)6-7-17-14/h6-7,10,12H,8-9,11H2,1-5H3/t12-/m0/s1. The van der Waals surface area contributed by atoms with Crippen molar-refractivity contribution >= 4 is 11.9 Å². The highest BCUT2D eigenvalue weighted by molar-refractivity contribution is 5.68. The molecule has 2 rings (SSSR count). The maximum absolute atomic E-state index is 12.2. The van der Waals surface area contributed by atoms with Crippen molar-refractivity contribution in [3.8, 4) is 5.75 Å². The fourth-order valence-corrected chi connectivity index (χ4v) is 2.47. The van der Waals surface area contributed by atoms with Crippen molar-refractivity contribution in [2.75, 3.05) is 31.6 Å². The summed E-state index contributed by atoms with van der Waals surface area (Å²) in [5, 5.41) is 0. The Labute approximate surface area is 132 Å². The van der Waals surface area contributed by atoms with Gasteiger partial charge in [-0.2, -0.15) is 0 Å². The SMILES string of the molecule is COc1ccnc(N2CCN(C(=O)OC(C)(C)C)C[C@@H]2C)c1. The number of anilines is 1. The van der Waals surface area contributed by atoms with Gasteiger partial charge in [0.05, 0.1) is 7.11 Å². The molecule has 0 unspecified atom stereocenters. The van der Waals surface area contributed by atoms with Gasteiger partial charge in [0.1, 0.15) is 17.2 Å². The molecule has 1 saturated heterocycles. The summed E-state index contributed by atoms with van der Waals surface area (Å²) in [5.41, 5.74) is -0.466. The number of hydrogen-bond donors (Lipinski definition) is 0. The van der Waals surface area contributed by atoms with Crippen molar-refractivity contribution in [2.45, 2.75) is 39.3 Å². The number of methoxy groups -OCH3 is 1. The van der Waals surface area contributed by atoms with Crippen LogP contribution in [0.2, 0.25) is 0 Å². The minimum atomic E-state index is -0.466. The van der Waals surface area contributed by atoms with Gasteiger partial charge in [0.15, 0.2) is 0 Å². The molecule has 1 aliphatic heterocycles. The summed E-state index contributed by atoms with van der Waals surface area (Å²) in [6.45, 7) is 9.68. The molecule has 0 aliphatic carbocycles. The van der Waals surface area contributed by atoms with Crippen LogP contribution in [0.5, 0.6) is 5.75 Å². The van der Waals surface area contributed by atoms with Gasteiger partial charge < -0.3 is 19.3 Å². The van der Waals surface area contributed by atoms with Gasteiger partial charge in [-0.25, -0.2) is 9.78 Å². The fraction of sp³-hybridized carbons (Fsp3) is 0.625. The zero-order valence-corrected chi connectivity index (χ0v) is 14.0. The van der Waals surface area contributed by atoms with Gasteiger partial charge in [-0.15, -0.1) is 0 Å². The summed E-state index contributed by atoms with van der Waals surface area (Å²) < 4.78 is 10.7. The number of piperazine rings is 1. The van der Waals surface area contributed by atoms with Gasteiger partial charge in [0, 0.05) is 37.9 Å². The number of ether oxygens (including phenoxy) is 2. The Morgan fingerprint density at radius 1 is 1.36 bits per heavy atom. The summed E-state index contributed by atoms with van der Waals surface area (Å²) in [6.07, 6.45) is 1.49. The van der Waals surface area contributed by atoms with Crippen LogP contribution in [0, 0.1) is 0 Å². The van der Waals surface area contributed by atoms with E-state index in [0.29, 0.717) is 13.1 Å². The summed E-state index contributed by atoms with van der Waals surface area (Å²) >= 11 is 0. The van der Waals surface area contributed by atoms with Crippen molar-refractivity contribution in [3.63, 3.8) is 0 Å². The number of hydrogen-bond acceptors (Lipinski definition) is 5. The number of carbonyl (C=O) groups excluding carboxylic acids is 1. The predicted molar refractivity (Wildman–Crippen MR) is 85.4 cm³/mol. The molecule has 0 bridgehead atoms. The van der Waals surface area contributed by atoms with Gasteiger partial charge in [-0.05, 0) is 33.8 Å². The van der Waals surface area contributed by atoms with Crippen molar-refractivity contribution in [1.82, 2.24) is 9.88 Å². The zero-order chi connectivity index (χ0) is 16.3. The highest BCUT2D eigenvalue weighted by Gasteiger charge is 2.30. The summed E-state index contributed by atoms with van der Waals surface area (Å²) in [4.78, 5) is 20.5. The second kappa shape index (κ2) is 6.42. The minimum Gasteiger partial charge on any atom is -0.497 e. The fourth-order valence-electron chi connectivity index (χ4n) is 2.47. The zero-order valence-electron chi connectivity index (χ0n) is 14.0. The van der Waals surface area contributed by atoms with E-state index in [9.17, 15) is 4.79 Å². The highest BCUT2D eigenvalue weighted by atomic mass is 16.6. The average Bonchev–Trinajstić information content (AvgIpc) is 2.45. The third kappa shape index (κ3) is 4.02. The number of amides is 1. The van der Waals surface area contributed by atoms with E-state index < -0.39 is 5.60 Å². The van der Waals surface area contributed by atoms with E-state index in [2.05, 4.69) is 16.8 Å². The molecule has 0 spiro atoms. The first-order valence-electron chi connectivity index (χ1n) is 7.55. The Morgan fingerprint density at radius 3 is 2.68 bits per heavy atom. The largest absolute Gasteiger partial charge is 0.497 e. The molecule has 0 saturated carbocycles. The van der Waals surface area contributed by atoms with Gasteiger partial charge in [0.25, 0.3) is 0 Å². The summed E-state index contributed by atoms with van der Waals surface area (Å²) in [6, 6.07) is 3.91. The summed E-state index contributed by atoms with van der Waals surface area (Å²) in [5.74, 6) is 1.66. The lowest BCUT2D eigenvalue weighted by Gasteiger charge is -2.40. The molecule has 1 fully saturated rings. The van der Waals surface area contributed by atoms with E-state index in [-0.39, 0.29) is 12.1 Å². The lowest BCUT2D eigenvalue weighted by Crippen LogP contribution is -2.54. The van der Waals surface area contributed by atoms with Crippen molar-refractivity contribution in [2.24, 2.45) is 0 Å². The van der Waals surface area contributed by atoms with Crippen LogP contribution in [0.15, 0.2) is 18.3 Å². The van der Waals surface area contributed by atoms with E-state index in [1.807, 2.05) is 32.9 Å². The van der Waals surface area contributed by atoms with Crippen LogP contribution in [-0.4, -0.2) is 54.4 Å². The quantitative estimate of drug-likeness (QED) is 0.840. The van der Waals surface area contributed by atoms with Crippen LogP contribution in [0.3, 0.4) is 0 Å². The molecule has 0 N–H and O–H groups in total. The number of rotatable bonds is 2. The normalized spacial score (nSPS) is 19.0. The number of aromatic nitrogens is 1. The van der Waals surface area contributed by atoms with Gasteiger partial charge in [0.2, 0.25) is 0 Å². The van der Waals surface area contributed by atoms with Gasteiger partial charge in [-0.1, -0.05) is 0 Å². The Balaban J connectivity index is 2.02. The highest BCUT2D eigenvalue weighted by Crippen LogP contribution is 2.23. The first-order chi connectivity index (χ1) is 10.3. The molecule has 1 aromatic heterocycles. The molecule has 122 valence electrons. The minimum absolute atomic E-state index is 0.167. The second-order valence-electron chi connectivity index (χ2n) is 6.52. The van der Waals surface area contributed by atoms with Crippen molar-refractivity contribution < 1.29 is 14.3 Å². The Morgan fingerprint density at radius 2 is 2.09 bits per heavy atom. The monoisotopic (exact) mass is 307 g/mol. The molecule has 1 aliphatic rings. The van der Waals surface area contributed by atoms with E-state index in [1.165, 1.54) is 0 Å². The molecule has 0 radical (unpaired) electrons. The molecule has 1 aromatic rings. The second-order valence-corrected chi connectivity index (χ2v) is 6.52. The lowest BCUT2D eigenvalue weighted by molar-refractivity contribution is 0.0218. The molecule has 1 atom stereocenters. The van der Waals surface area contributed by atoms with E-state index in [0.717, 1.165) is 18.1 Å². The van der Waals surface area contributed by atoms with Crippen molar-refractivity contribution in [3.05, 3.63) is 18.3 Å². The Hall–Kier alpha value is -1.98. The van der Waals surface area contributed by atoms with Gasteiger partial charge in [-0.3, -0.25) is 0 Å². The first kappa shape index (κ1) is 16.4. The van der Waals surface area contributed by atoms with Crippen LogP contribution in [0.25, 0.3) is 0 Å². The number of nitrogens with zero attached hydrogens (tertiary/aromatic N) is 3. The van der Waals surface area contributed by atoms with Crippen molar-refractivity contribution in [1.29, 1.82) is 0 Å².